The van der Waals surface area contributed by atoms with Gasteiger partial charge in [0, 0.05) is 51.0 Å². The summed E-state index contributed by atoms with van der Waals surface area (Å²) in [6, 6.07) is 1.77. The second kappa shape index (κ2) is 7.51. The summed E-state index contributed by atoms with van der Waals surface area (Å²) in [5.74, 6) is 2.91. The lowest BCUT2D eigenvalue weighted by Gasteiger charge is -2.35. The lowest BCUT2D eigenvalue weighted by atomic mass is 10.2. The Morgan fingerprint density at radius 1 is 1.11 bits per heavy atom. The van der Waals surface area contributed by atoms with Gasteiger partial charge in [0.2, 0.25) is 0 Å². The number of nitrogens with one attached hydrogen (secondary N) is 1. The molecule has 3 aromatic rings. The van der Waals surface area contributed by atoms with Crippen molar-refractivity contribution in [2.24, 2.45) is 0 Å². The van der Waals surface area contributed by atoms with Gasteiger partial charge in [-0.05, 0) is 11.3 Å². The van der Waals surface area contributed by atoms with Gasteiger partial charge in [-0.1, -0.05) is 0 Å². The number of hydrogen-bond acceptors (Lipinski definition) is 8. The lowest BCUT2D eigenvalue weighted by molar-refractivity contribution is 0.242. The number of H-pyrrole nitrogens is 1. The highest BCUT2D eigenvalue weighted by Gasteiger charge is 2.21. The maximum absolute atomic E-state index is 12.3. The Morgan fingerprint density at radius 2 is 2.00 bits per heavy atom. The van der Waals surface area contributed by atoms with Gasteiger partial charge in [-0.15, -0.1) is 0 Å². The van der Waals surface area contributed by atoms with Crippen LogP contribution in [0, 0.1) is 0 Å². The molecule has 0 saturated carbocycles. The smallest absolute Gasteiger partial charge is 0.267 e. The van der Waals surface area contributed by atoms with Gasteiger partial charge >= 0.3 is 0 Å². The van der Waals surface area contributed by atoms with Crippen molar-refractivity contribution >= 4 is 28.7 Å². The predicted molar refractivity (Wildman–Crippen MR) is 109 cm³/mol. The Morgan fingerprint density at radius 3 is 2.89 bits per heavy atom. The number of fused-ring (bicyclic) bond motifs is 2. The highest BCUT2D eigenvalue weighted by Crippen LogP contribution is 2.22. The van der Waals surface area contributed by atoms with Crippen molar-refractivity contribution in [1.29, 1.82) is 0 Å². The third-order valence-electron chi connectivity index (χ3n) is 5.41. The minimum absolute atomic E-state index is 0.0162. The molecule has 0 amide bonds. The fraction of sp³-hybridized carbons (Fsp3) is 0.500. The van der Waals surface area contributed by atoms with Crippen LogP contribution in [0.3, 0.4) is 0 Å². The van der Waals surface area contributed by atoms with Crippen LogP contribution in [0.4, 0.5) is 5.82 Å². The van der Waals surface area contributed by atoms with E-state index in [4.69, 9.17) is 0 Å². The van der Waals surface area contributed by atoms with Gasteiger partial charge in [-0.25, -0.2) is 19.6 Å². The van der Waals surface area contributed by atoms with Crippen LogP contribution in [0.2, 0.25) is 0 Å². The molecule has 28 heavy (non-hydrogen) atoms. The van der Waals surface area contributed by atoms with Crippen LogP contribution in [0.1, 0.15) is 11.3 Å². The molecule has 0 radical (unpaired) electrons. The van der Waals surface area contributed by atoms with Crippen LogP contribution in [-0.2, 0) is 18.7 Å². The van der Waals surface area contributed by atoms with Gasteiger partial charge in [-0.3, -0.25) is 9.69 Å². The van der Waals surface area contributed by atoms with E-state index in [2.05, 4.69) is 34.8 Å². The maximum Gasteiger partial charge on any atom is 0.267 e. The molecule has 10 heteroatoms. The van der Waals surface area contributed by atoms with Crippen molar-refractivity contribution in [2.45, 2.75) is 18.7 Å². The Labute approximate surface area is 166 Å². The van der Waals surface area contributed by atoms with E-state index in [-0.39, 0.29) is 5.56 Å². The molecule has 0 aromatic carbocycles. The van der Waals surface area contributed by atoms with Crippen LogP contribution in [0.5, 0.6) is 0 Å². The van der Waals surface area contributed by atoms with Crippen LogP contribution in [0.15, 0.2) is 23.5 Å². The number of anilines is 1. The van der Waals surface area contributed by atoms with Crippen LogP contribution < -0.4 is 10.5 Å². The van der Waals surface area contributed by atoms with Crippen molar-refractivity contribution in [1.82, 2.24) is 34.6 Å². The highest BCUT2D eigenvalue weighted by atomic mass is 32.2. The summed E-state index contributed by atoms with van der Waals surface area (Å²) >= 11 is 1.87. The van der Waals surface area contributed by atoms with E-state index in [1.54, 1.807) is 23.4 Å². The zero-order valence-electron chi connectivity index (χ0n) is 15.5. The summed E-state index contributed by atoms with van der Waals surface area (Å²) in [4.78, 5) is 33.0. The van der Waals surface area contributed by atoms with Crippen molar-refractivity contribution in [3.05, 3.63) is 40.3 Å². The quantitative estimate of drug-likeness (QED) is 0.680. The molecule has 5 heterocycles. The van der Waals surface area contributed by atoms with Crippen LogP contribution in [-0.4, -0.2) is 73.1 Å². The van der Waals surface area contributed by atoms with Crippen molar-refractivity contribution < 1.29 is 0 Å². The summed E-state index contributed by atoms with van der Waals surface area (Å²) in [5.41, 5.74) is 3.81. The zero-order chi connectivity index (χ0) is 18.9. The molecule has 146 valence electrons. The lowest BCUT2D eigenvalue weighted by Crippen LogP contribution is -2.48. The van der Waals surface area contributed by atoms with E-state index in [1.165, 1.54) is 0 Å². The van der Waals surface area contributed by atoms with Crippen molar-refractivity contribution in [2.75, 3.05) is 43.4 Å². The SMILES string of the molecule is O=c1cc2c(nn1CCN1CCN(c3ncnc4nc[nH]c34)CC1)CCSC2. The largest absolute Gasteiger partial charge is 0.352 e. The molecule has 5 rings (SSSR count). The molecular formula is C18H22N8OS. The van der Waals surface area contributed by atoms with Gasteiger partial charge in [-0.2, -0.15) is 16.9 Å². The molecule has 3 aromatic heterocycles. The maximum atomic E-state index is 12.3. The zero-order valence-corrected chi connectivity index (χ0v) is 16.4. The summed E-state index contributed by atoms with van der Waals surface area (Å²) < 4.78 is 1.64. The Balaban J connectivity index is 1.21. The van der Waals surface area contributed by atoms with Gasteiger partial charge in [0.1, 0.15) is 11.8 Å². The first-order chi connectivity index (χ1) is 13.8. The molecule has 0 spiro atoms. The second-order valence-corrected chi connectivity index (χ2v) is 8.21. The topological polar surface area (TPSA) is 95.8 Å². The standard InChI is InChI=1S/C18H22N8OS/c27-15-9-13-10-28-8-1-14(13)23-26(15)7-4-24-2-5-25(6-3-24)18-16-17(20-11-19-16)21-12-22-18/h9,11-12H,1-8,10H2,(H,19,20,21,22). The van der Waals surface area contributed by atoms with Gasteiger partial charge in [0.15, 0.2) is 11.5 Å². The molecule has 0 bridgehead atoms. The number of aromatic nitrogens is 6. The number of piperazine rings is 1. The number of nitrogens with zero attached hydrogens (tertiary/aromatic N) is 7. The number of thioether (sulfide) groups is 1. The van der Waals surface area contributed by atoms with Crippen LogP contribution in [0.25, 0.3) is 11.2 Å². The van der Waals surface area contributed by atoms with E-state index < -0.39 is 0 Å². The molecule has 2 aliphatic heterocycles. The average molecular weight is 398 g/mol. The van der Waals surface area contributed by atoms with Gasteiger partial charge in [0.05, 0.1) is 18.6 Å². The van der Waals surface area contributed by atoms with E-state index in [0.717, 1.165) is 73.2 Å². The van der Waals surface area contributed by atoms with E-state index >= 15 is 0 Å². The third kappa shape index (κ3) is 3.37. The number of aryl methyl sites for hydroxylation is 1. The summed E-state index contributed by atoms with van der Waals surface area (Å²) in [6.07, 6.45) is 4.18. The predicted octanol–water partition coefficient (Wildman–Crippen LogP) is 0.521. The fourth-order valence-electron chi connectivity index (χ4n) is 3.82. The van der Waals surface area contributed by atoms with E-state index in [1.807, 2.05) is 11.8 Å². The minimum Gasteiger partial charge on any atom is -0.352 e. The first-order valence-corrected chi connectivity index (χ1v) is 10.7. The Kier molecular flexibility index (Phi) is 4.73. The van der Waals surface area contributed by atoms with Gasteiger partial charge in [0.25, 0.3) is 5.56 Å². The Bertz CT molecular complexity index is 1040. The summed E-state index contributed by atoms with van der Waals surface area (Å²) in [6.45, 7) is 5.09. The second-order valence-electron chi connectivity index (χ2n) is 7.11. The molecule has 9 nitrogen and oxygen atoms in total. The van der Waals surface area contributed by atoms with Crippen molar-refractivity contribution in [3.8, 4) is 0 Å². The first-order valence-electron chi connectivity index (χ1n) is 9.57. The molecule has 2 aliphatic rings. The highest BCUT2D eigenvalue weighted by molar-refractivity contribution is 7.98. The minimum atomic E-state index is 0.0162. The molecule has 1 fully saturated rings. The number of aromatic amines is 1. The number of hydrogen-bond donors (Lipinski definition) is 1. The normalized spacial score (nSPS) is 17.8. The third-order valence-corrected chi connectivity index (χ3v) is 6.42. The van der Waals surface area contributed by atoms with E-state index in [9.17, 15) is 4.79 Å². The van der Waals surface area contributed by atoms with Gasteiger partial charge < -0.3 is 9.88 Å². The molecular weight excluding hydrogens is 376 g/mol. The molecule has 1 saturated heterocycles. The Hall–Kier alpha value is -2.46. The molecule has 0 atom stereocenters. The summed E-state index contributed by atoms with van der Waals surface area (Å²) in [7, 11) is 0. The fourth-order valence-corrected chi connectivity index (χ4v) is 4.78. The van der Waals surface area contributed by atoms with E-state index in [0.29, 0.717) is 12.2 Å². The number of rotatable bonds is 4. The summed E-state index contributed by atoms with van der Waals surface area (Å²) in [5, 5.41) is 4.61. The molecule has 0 unspecified atom stereocenters. The first kappa shape index (κ1) is 17.6. The average Bonchev–Trinajstić information content (AvgIpc) is 3.22. The monoisotopic (exact) mass is 398 g/mol. The van der Waals surface area contributed by atoms with Crippen molar-refractivity contribution in [3.63, 3.8) is 0 Å². The molecule has 1 N–H and O–H groups in total. The number of imidazole rings is 1. The van der Waals surface area contributed by atoms with Crippen LogP contribution >= 0.6 is 11.8 Å². The molecule has 0 aliphatic carbocycles.